The molecule has 20 heavy (non-hydrogen) atoms. The molecule has 0 aromatic heterocycles. The highest BCUT2D eigenvalue weighted by atomic mass is 16.5. The van der Waals surface area contributed by atoms with Crippen LogP contribution in [0.4, 0.5) is 0 Å². The number of piperidine rings is 1. The van der Waals surface area contributed by atoms with Crippen LogP contribution in [-0.4, -0.2) is 40.2 Å². The Morgan fingerprint density at radius 3 is 2.90 bits per heavy atom. The number of benzene rings is 1. The zero-order valence-corrected chi connectivity index (χ0v) is 11.8. The van der Waals surface area contributed by atoms with Crippen LogP contribution in [0, 0.1) is 0 Å². The summed E-state index contributed by atoms with van der Waals surface area (Å²) in [5.41, 5.74) is 0.419. The number of carbonyl (C=O) groups is 1. The molecule has 2 aliphatic rings. The van der Waals surface area contributed by atoms with Gasteiger partial charge < -0.3 is 14.7 Å². The van der Waals surface area contributed by atoms with Crippen molar-refractivity contribution in [2.45, 2.75) is 50.5 Å². The van der Waals surface area contributed by atoms with Crippen LogP contribution < -0.4 is 0 Å². The number of amides is 1. The van der Waals surface area contributed by atoms with Gasteiger partial charge in [-0.15, -0.1) is 0 Å². The van der Waals surface area contributed by atoms with Crippen LogP contribution in [-0.2, 0) is 16.1 Å². The zero-order valence-electron chi connectivity index (χ0n) is 11.8. The third kappa shape index (κ3) is 2.23. The van der Waals surface area contributed by atoms with Gasteiger partial charge in [0.25, 0.3) is 0 Å². The second-order valence-electron chi connectivity index (χ2n) is 5.92. The van der Waals surface area contributed by atoms with Crippen LogP contribution in [0.1, 0.15) is 31.7 Å². The Labute approximate surface area is 119 Å². The summed E-state index contributed by atoms with van der Waals surface area (Å²) in [7, 11) is 0. The van der Waals surface area contributed by atoms with E-state index in [1.807, 2.05) is 42.2 Å². The van der Waals surface area contributed by atoms with Gasteiger partial charge in [0.1, 0.15) is 5.60 Å². The van der Waals surface area contributed by atoms with Gasteiger partial charge in [0.2, 0.25) is 5.91 Å². The molecule has 2 fully saturated rings. The average molecular weight is 275 g/mol. The molecule has 1 aromatic rings. The molecule has 3 atom stereocenters. The van der Waals surface area contributed by atoms with E-state index in [0.29, 0.717) is 6.61 Å². The van der Waals surface area contributed by atoms with Gasteiger partial charge in [0.15, 0.2) is 0 Å². The molecule has 2 saturated heterocycles. The van der Waals surface area contributed by atoms with Gasteiger partial charge in [-0.3, -0.25) is 4.79 Å². The van der Waals surface area contributed by atoms with E-state index < -0.39 is 11.7 Å². The van der Waals surface area contributed by atoms with E-state index in [9.17, 15) is 9.90 Å². The van der Waals surface area contributed by atoms with Gasteiger partial charge in [0, 0.05) is 6.54 Å². The first-order valence-corrected chi connectivity index (χ1v) is 7.26. The largest absolute Gasteiger partial charge is 0.390 e. The Balaban J connectivity index is 1.76. The molecular formula is C16H21NO3. The first-order valence-electron chi connectivity index (χ1n) is 7.26. The van der Waals surface area contributed by atoms with E-state index in [0.717, 1.165) is 24.9 Å². The second-order valence-corrected chi connectivity index (χ2v) is 5.92. The van der Waals surface area contributed by atoms with Gasteiger partial charge in [0.05, 0.1) is 25.2 Å². The number of carbonyl (C=O) groups excluding carboxylic acids is 1. The first-order chi connectivity index (χ1) is 9.61. The lowest BCUT2D eigenvalue weighted by Crippen LogP contribution is -2.63. The van der Waals surface area contributed by atoms with Crippen molar-refractivity contribution < 1.29 is 14.6 Å². The molecule has 0 aliphatic carbocycles. The van der Waals surface area contributed by atoms with Gasteiger partial charge in [-0.05, 0) is 25.3 Å². The van der Waals surface area contributed by atoms with Crippen molar-refractivity contribution in [2.24, 2.45) is 0 Å². The van der Waals surface area contributed by atoms with E-state index in [2.05, 4.69) is 0 Å². The minimum absolute atomic E-state index is 0.00228. The first kappa shape index (κ1) is 13.6. The number of ether oxygens (including phenoxy) is 1. The predicted octanol–water partition coefficient (Wildman–Crippen LogP) is 1.72. The number of hydrogen-bond donors (Lipinski definition) is 1. The molecule has 0 saturated carbocycles. The number of hydrogen-bond acceptors (Lipinski definition) is 3. The van der Waals surface area contributed by atoms with E-state index in [4.69, 9.17) is 4.74 Å². The van der Waals surface area contributed by atoms with E-state index in [1.54, 1.807) is 0 Å². The van der Waals surface area contributed by atoms with Crippen molar-refractivity contribution in [1.29, 1.82) is 0 Å². The topological polar surface area (TPSA) is 49.8 Å². The summed E-state index contributed by atoms with van der Waals surface area (Å²) in [6.45, 7) is 3.20. The molecule has 2 heterocycles. The predicted molar refractivity (Wildman–Crippen MR) is 75.0 cm³/mol. The summed E-state index contributed by atoms with van der Waals surface area (Å²) in [6, 6.07) is 9.94. The molecule has 4 heteroatoms. The maximum atomic E-state index is 12.0. The normalized spacial score (nSPS) is 33.3. The van der Waals surface area contributed by atoms with Crippen molar-refractivity contribution >= 4 is 5.91 Å². The fourth-order valence-corrected chi connectivity index (χ4v) is 3.37. The van der Waals surface area contributed by atoms with Gasteiger partial charge >= 0.3 is 0 Å². The van der Waals surface area contributed by atoms with Crippen LogP contribution in [0.3, 0.4) is 0 Å². The Bertz CT molecular complexity index is 490. The molecule has 0 radical (unpaired) electrons. The van der Waals surface area contributed by atoms with Gasteiger partial charge in [-0.2, -0.15) is 0 Å². The quantitative estimate of drug-likeness (QED) is 0.913. The molecule has 108 valence electrons. The van der Waals surface area contributed by atoms with Gasteiger partial charge in [-0.25, -0.2) is 0 Å². The number of fused-ring (bicyclic) bond motifs is 1. The average Bonchev–Trinajstić information content (AvgIpc) is 2.95. The van der Waals surface area contributed by atoms with Crippen molar-refractivity contribution in [2.75, 3.05) is 6.54 Å². The van der Waals surface area contributed by atoms with Crippen LogP contribution in [0.25, 0.3) is 0 Å². The summed E-state index contributed by atoms with van der Waals surface area (Å²) in [5, 5.41) is 10.4. The van der Waals surface area contributed by atoms with Crippen molar-refractivity contribution in [3.8, 4) is 0 Å². The van der Waals surface area contributed by atoms with Crippen molar-refractivity contribution in [3.05, 3.63) is 35.9 Å². The lowest BCUT2D eigenvalue weighted by Gasteiger charge is -2.47. The minimum atomic E-state index is -0.724. The Kier molecular flexibility index (Phi) is 3.52. The molecule has 0 unspecified atom stereocenters. The van der Waals surface area contributed by atoms with Crippen LogP contribution in [0.2, 0.25) is 0 Å². The number of aliphatic hydroxyl groups is 1. The molecule has 4 nitrogen and oxygen atoms in total. The highest BCUT2D eigenvalue weighted by molar-refractivity contribution is 5.79. The standard InChI is InChI=1S/C16H21NO3/c1-16(20-11-12-6-3-2-4-7-12)13-8-5-9-17(13)15(19)10-14(16)18/h2-4,6-7,13-14,18H,5,8-11H2,1H3/t13-,14-,16+/m0/s1. The van der Waals surface area contributed by atoms with Crippen molar-refractivity contribution in [3.63, 3.8) is 0 Å². The van der Waals surface area contributed by atoms with E-state index >= 15 is 0 Å². The molecule has 1 N–H and O–H groups in total. The molecule has 2 aliphatic heterocycles. The minimum Gasteiger partial charge on any atom is -0.390 e. The summed E-state index contributed by atoms with van der Waals surface area (Å²) in [4.78, 5) is 13.8. The maximum absolute atomic E-state index is 12.0. The summed E-state index contributed by atoms with van der Waals surface area (Å²) < 4.78 is 6.09. The summed E-state index contributed by atoms with van der Waals surface area (Å²) in [5.74, 6) is 0.0563. The lowest BCUT2D eigenvalue weighted by atomic mass is 9.83. The second kappa shape index (κ2) is 5.19. The molecule has 0 bridgehead atoms. The monoisotopic (exact) mass is 275 g/mol. The van der Waals surface area contributed by atoms with Crippen LogP contribution in [0.15, 0.2) is 30.3 Å². The lowest BCUT2D eigenvalue weighted by molar-refractivity contribution is -0.188. The molecule has 1 aromatic carbocycles. The highest BCUT2D eigenvalue weighted by Crippen LogP contribution is 2.38. The van der Waals surface area contributed by atoms with E-state index in [-0.39, 0.29) is 18.4 Å². The molecular weight excluding hydrogens is 254 g/mol. The molecule has 0 spiro atoms. The third-order valence-corrected chi connectivity index (χ3v) is 4.66. The Morgan fingerprint density at radius 2 is 2.15 bits per heavy atom. The zero-order chi connectivity index (χ0) is 14.2. The Hall–Kier alpha value is -1.39. The highest BCUT2D eigenvalue weighted by Gasteiger charge is 2.52. The number of aliphatic hydroxyl groups excluding tert-OH is 1. The summed E-state index contributed by atoms with van der Waals surface area (Å²) >= 11 is 0. The Morgan fingerprint density at radius 1 is 1.40 bits per heavy atom. The fraction of sp³-hybridized carbons (Fsp3) is 0.562. The van der Waals surface area contributed by atoms with Crippen molar-refractivity contribution in [1.82, 2.24) is 4.90 Å². The van der Waals surface area contributed by atoms with Crippen LogP contribution in [0.5, 0.6) is 0 Å². The number of nitrogens with zero attached hydrogens (tertiary/aromatic N) is 1. The summed E-state index contributed by atoms with van der Waals surface area (Å²) in [6.07, 6.45) is 1.35. The number of rotatable bonds is 3. The molecule has 1 amide bonds. The fourth-order valence-electron chi connectivity index (χ4n) is 3.37. The van der Waals surface area contributed by atoms with Gasteiger partial charge in [-0.1, -0.05) is 30.3 Å². The smallest absolute Gasteiger partial charge is 0.225 e. The van der Waals surface area contributed by atoms with E-state index in [1.165, 1.54) is 0 Å². The third-order valence-electron chi connectivity index (χ3n) is 4.66. The molecule has 3 rings (SSSR count). The van der Waals surface area contributed by atoms with Crippen LogP contribution >= 0.6 is 0 Å². The maximum Gasteiger partial charge on any atom is 0.225 e. The SMILES string of the molecule is C[C@@]1(OCc2ccccc2)[C@@H]2CCCN2C(=O)C[C@@H]1O.